The minimum Gasteiger partial charge on any atom is -0.394 e. The van der Waals surface area contributed by atoms with Gasteiger partial charge in [-0.15, -0.1) is 0 Å². The van der Waals surface area contributed by atoms with E-state index in [-0.39, 0.29) is 12.4 Å². The van der Waals surface area contributed by atoms with Gasteiger partial charge < -0.3 is 24.6 Å². The van der Waals surface area contributed by atoms with Crippen LogP contribution in [0.3, 0.4) is 0 Å². The van der Waals surface area contributed by atoms with Crippen LogP contribution in [0.4, 0.5) is 0 Å². The van der Waals surface area contributed by atoms with Gasteiger partial charge in [-0.05, 0) is 0 Å². The molecule has 0 saturated carbocycles. The average Bonchev–Trinajstić information content (AvgIpc) is 2.70. The van der Waals surface area contributed by atoms with E-state index in [0.29, 0.717) is 19.8 Å². The molecule has 88 valence electrons. The van der Waals surface area contributed by atoms with Gasteiger partial charge in [0.1, 0.15) is 0 Å². The normalized spacial score (nSPS) is 28.4. The van der Waals surface area contributed by atoms with E-state index in [1.165, 1.54) is 0 Å². The van der Waals surface area contributed by atoms with Crippen molar-refractivity contribution < 1.29 is 19.7 Å². The fraction of sp³-hybridized carbons (Fsp3) is 1.00. The molecule has 5 heteroatoms. The molecule has 2 saturated heterocycles. The molecule has 1 atom stereocenters. The second kappa shape index (κ2) is 4.76. The van der Waals surface area contributed by atoms with Crippen molar-refractivity contribution in [3.63, 3.8) is 0 Å². The maximum Gasteiger partial charge on any atom is 0.170 e. The lowest BCUT2D eigenvalue weighted by Gasteiger charge is -2.38. The fourth-order valence-electron chi connectivity index (χ4n) is 2.22. The van der Waals surface area contributed by atoms with Crippen molar-refractivity contribution in [3.8, 4) is 0 Å². The van der Waals surface area contributed by atoms with Crippen molar-refractivity contribution in [2.24, 2.45) is 0 Å². The minimum atomic E-state index is -0.635. The van der Waals surface area contributed by atoms with E-state index < -0.39 is 6.10 Å². The van der Waals surface area contributed by atoms with Gasteiger partial charge in [-0.3, -0.25) is 0 Å². The van der Waals surface area contributed by atoms with E-state index in [1.54, 1.807) is 0 Å². The molecular weight excluding hydrogens is 198 g/mol. The lowest BCUT2D eigenvalue weighted by Crippen LogP contribution is -2.47. The topological polar surface area (TPSA) is 62.2 Å². The molecule has 0 bridgehead atoms. The van der Waals surface area contributed by atoms with Gasteiger partial charge in [0.05, 0.1) is 25.9 Å². The lowest BCUT2D eigenvalue weighted by atomic mass is 10.0. The Balaban J connectivity index is 1.76. The molecule has 1 unspecified atom stereocenters. The van der Waals surface area contributed by atoms with Crippen LogP contribution < -0.4 is 0 Å². The van der Waals surface area contributed by atoms with E-state index in [0.717, 1.165) is 25.9 Å². The maximum absolute atomic E-state index is 9.31. The first-order valence-corrected chi connectivity index (χ1v) is 5.53. The highest BCUT2D eigenvalue weighted by molar-refractivity contribution is 4.83. The molecule has 2 rings (SSSR count). The summed E-state index contributed by atoms with van der Waals surface area (Å²) in [7, 11) is 0. The van der Waals surface area contributed by atoms with Gasteiger partial charge in [-0.2, -0.15) is 0 Å². The number of rotatable bonds is 3. The van der Waals surface area contributed by atoms with Crippen LogP contribution >= 0.6 is 0 Å². The zero-order valence-corrected chi connectivity index (χ0v) is 8.89. The molecule has 2 heterocycles. The molecule has 15 heavy (non-hydrogen) atoms. The lowest BCUT2D eigenvalue weighted by molar-refractivity contribution is -0.186. The van der Waals surface area contributed by atoms with E-state index in [9.17, 15) is 5.11 Å². The molecule has 1 spiro atoms. The summed E-state index contributed by atoms with van der Waals surface area (Å²) in [6, 6.07) is 0. The highest BCUT2D eigenvalue weighted by atomic mass is 16.7. The van der Waals surface area contributed by atoms with Gasteiger partial charge in [0, 0.05) is 32.5 Å². The summed E-state index contributed by atoms with van der Waals surface area (Å²) in [6.07, 6.45) is 1.07. The highest BCUT2D eigenvalue weighted by Gasteiger charge is 2.39. The Bertz CT molecular complexity index is 196. The number of aliphatic hydroxyl groups excluding tert-OH is 2. The Labute approximate surface area is 89.6 Å². The van der Waals surface area contributed by atoms with Crippen LogP contribution in [0.25, 0.3) is 0 Å². The van der Waals surface area contributed by atoms with Gasteiger partial charge >= 0.3 is 0 Å². The van der Waals surface area contributed by atoms with Crippen molar-refractivity contribution >= 4 is 0 Å². The quantitative estimate of drug-likeness (QED) is 0.646. The minimum absolute atomic E-state index is 0.172. The van der Waals surface area contributed by atoms with Gasteiger partial charge in [0.25, 0.3) is 0 Å². The summed E-state index contributed by atoms with van der Waals surface area (Å²) in [6.45, 7) is 3.47. The van der Waals surface area contributed by atoms with Crippen molar-refractivity contribution in [2.75, 3.05) is 39.5 Å². The summed E-state index contributed by atoms with van der Waals surface area (Å²) < 4.78 is 11.2. The van der Waals surface area contributed by atoms with Gasteiger partial charge in [-0.1, -0.05) is 0 Å². The van der Waals surface area contributed by atoms with Crippen LogP contribution in [-0.4, -0.2) is 66.5 Å². The Morgan fingerprint density at radius 1 is 1.20 bits per heavy atom. The highest BCUT2D eigenvalue weighted by Crippen LogP contribution is 2.31. The fourth-order valence-corrected chi connectivity index (χ4v) is 2.22. The Hall–Kier alpha value is -0.200. The van der Waals surface area contributed by atoms with Crippen molar-refractivity contribution in [1.82, 2.24) is 4.90 Å². The van der Waals surface area contributed by atoms with Crippen molar-refractivity contribution in [3.05, 3.63) is 0 Å². The van der Waals surface area contributed by atoms with Crippen LogP contribution in [0.2, 0.25) is 0 Å². The number of hydrogen-bond donors (Lipinski definition) is 2. The van der Waals surface area contributed by atoms with Crippen molar-refractivity contribution in [2.45, 2.75) is 24.7 Å². The number of aliphatic hydroxyl groups is 2. The molecule has 0 aliphatic carbocycles. The molecule has 0 aromatic rings. The van der Waals surface area contributed by atoms with E-state index >= 15 is 0 Å². The molecule has 0 aromatic heterocycles. The van der Waals surface area contributed by atoms with E-state index in [1.807, 2.05) is 0 Å². The standard InChI is InChI=1S/C10H19NO4/c12-8-9(13)7-11-3-1-10(2-4-11)14-5-6-15-10/h9,12-13H,1-8H2. The third-order valence-corrected chi connectivity index (χ3v) is 3.11. The summed E-state index contributed by atoms with van der Waals surface area (Å²) in [5, 5.41) is 18.1. The molecule has 2 aliphatic heterocycles. The van der Waals surface area contributed by atoms with E-state index in [4.69, 9.17) is 14.6 Å². The summed E-state index contributed by atoms with van der Waals surface area (Å²) in [5.41, 5.74) is 0. The van der Waals surface area contributed by atoms with Crippen LogP contribution in [0, 0.1) is 0 Å². The molecule has 0 radical (unpaired) electrons. The number of β-amino-alcohol motifs (C(OH)–C–C–N with tert-alkyl or cyclic N) is 1. The van der Waals surface area contributed by atoms with Crippen LogP contribution in [0.15, 0.2) is 0 Å². The Morgan fingerprint density at radius 3 is 2.33 bits per heavy atom. The molecule has 2 aliphatic rings. The Kier molecular flexibility index (Phi) is 3.58. The van der Waals surface area contributed by atoms with Crippen LogP contribution in [0.5, 0.6) is 0 Å². The first-order chi connectivity index (χ1) is 7.24. The van der Waals surface area contributed by atoms with Gasteiger partial charge in [0.15, 0.2) is 5.79 Å². The van der Waals surface area contributed by atoms with E-state index in [2.05, 4.69) is 4.90 Å². The zero-order valence-electron chi connectivity index (χ0n) is 8.89. The summed E-state index contributed by atoms with van der Waals surface area (Å²) in [4.78, 5) is 2.14. The third kappa shape index (κ3) is 2.68. The summed E-state index contributed by atoms with van der Waals surface area (Å²) in [5.74, 6) is -0.347. The van der Waals surface area contributed by atoms with Gasteiger partial charge in [0.2, 0.25) is 0 Å². The molecule has 2 N–H and O–H groups in total. The number of piperidine rings is 1. The second-order valence-corrected chi connectivity index (χ2v) is 4.24. The number of nitrogens with zero attached hydrogens (tertiary/aromatic N) is 1. The largest absolute Gasteiger partial charge is 0.394 e. The Morgan fingerprint density at radius 2 is 1.80 bits per heavy atom. The second-order valence-electron chi connectivity index (χ2n) is 4.24. The first-order valence-electron chi connectivity index (χ1n) is 5.53. The number of likely N-dealkylation sites (tertiary alicyclic amines) is 1. The van der Waals surface area contributed by atoms with Crippen molar-refractivity contribution in [1.29, 1.82) is 0 Å². The maximum atomic E-state index is 9.31. The third-order valence-electron chi connectivity index (χ3n) is 3.11. The summed E-state index contributed by atoms with van der Waals surface area (Å²) >= 11 is 0. The van der Waals surface area contributed by atoms with Crippen LogP contribution in [0.1, 0.15) is 12.8 Å². The van der Waals surface area contributed by atoms with Crippen LogP contribution in [-0.2, 0) is 9.47 Å². The molecule has 2 fully saturated rings. The molecule has 0 aromatic carbocycles. The average molecular weight is 217 g/mol. The SMILES string of the molecule is OCC(O)CN1CCC2(CC1)OCCO2. The molecular formula is C10H19NO4. The van der Waals surface area contributed by atoms with Gasteiger partial charge in [-0.25, -0.2) is 0 Å². The molecule has 5 nitrogen and oxygen atoms in total. The number of ether oxygens (including phenoxy) is 2. The predicted octanol–water partition coefficient (Wildman–Crippen LogP) is -0.821. The molecule has 0 amide bonds. The monoisotopic (exact) mass is 217 g/mol. The zero-order chi connectivity index (χ0) is 10.7. The smallest absolute Gasteiger partial charge is 0.170 e. The number of hydrogen-bond acceptors (Lipinski definition) is 5. The predicted molar refractivity (Wildman–Crippen MR) is 53.4 cm³/mol. The first kappa shape index (κ1) is 11.3.